The molecule has 1 heterocycles. The standard InChI is InChI=1S/C15H17N3O2/c1-4-15(2)13(19)17(3)14(20)18(15)10-12-7-5-11(9-16)6-8-12/h5-8H,4,10H2,1-3H3. The monoisotopic (exact) mass is 271 g/mol. The first-order chi connectivity index (χ1) is 9.43. The maximum atomic E-state index is 12.2. The van der Waals surface area contributed by atoms with Gasteiger partial charge in [0.2, 0.25) is 0 Å². The van der Waals surface area contributed by atoms with Crippen LogP contribution in [0.4, 0.5) is 4.79 Å². The lowest BCUT2D eigenvalue weighted by Gasteiger charge is -2.30. The molecular weight excluding hydrogens is 254 g/mol. The van der Waals surface area contributed by atoms with Gasteiger partial charge in [0.15, 0.2) is 0 Å². The van der Waals surface area contributed by atoms with Gasteiger partial charge in [-0.1, -0.05) is 19.1 Å². The predicted octanol–water partition coefficient (Wildman–Crippen LogP) is 2.12. The molecule has 0 spiro atoms. The van der Waals surface area contributed by atoms with Crippen molar-refractivity contribution in [3.8, 4) is 6.07 Å². The smallest absolute Gasteiger partial charge is 0.306 e. The second kappa shape index (κ2) is 4.97. The maximum Gasteiger partial charge on any atom is 0.327 e. The van der Waals surface area contributed by atoms with Crippen molar-refractivity contribution in [1.29, 1.82) is 5.26 Å². The highest BCUT2D eigenvalue weighted by Gasteiger charge is 2.51. The highest BCUT2D eigenvalue weighted by Crippen LogP contribution is 2.31. The van der Waals surface area contributed by atoms with Crippen molar-refractivity contribution in [2.75, 3.05) is 7.05 Å². The summed E-state index contributed by atoms with van der Waals surface area (Å²) in [7, 11) is 1.51. The summed E-state index contributed by atoms with van der Waals surface area (Å²) in [5.74, 6) is -0.168. The summed E-state index contributed by atoms with van der Waals surface area (Å²) in [5, 5.41) is 8.78. The summed E-state index contributed by atoms with van der Waals surface area (Å²) in [6, 6.07) is 8.83. The van der Waals surface area contributed by atoms with Crippen LogP contribution >= 0.6 is 0 Å². The van der Waals surface area contributed by atoms with E-state index in [0.717, 1.165) is 5.56 Å². The fraction of sp³-hybridized carbons (Fsp3) is 0.400. The van der Waals surface area contributed by atoms with Crippen LogP contribution in [-0.2, 0) is 11.3 Å². The molecule has 5 heteroatoms. The molecule has 3 amide bonds. The molecule has 5 nitrogen and oxygen atoms in total. The number of carbonyl (C=O) groups excluding carboxylic acids is 2. The first-order valence-electron chi connectivity index (χ1n) is 6.53. The Hall–Kier alpha value is -2.35. The number of amides is 3. The first-order valence-corrected chi connectivity index (χ1v) is 6.53. The molecule has 1 atom stereocenters. The Labute approximate surface area is 118 Å². The lowest BCUT2D eigenvalue weighted by molar-refractivity contribution is -0.132. The van der Waals surface area contributed by atoms with Gasteiger partial charge in [-0.3, -0.25) is 9.69 Å². The van der Waals surface area contributed by atoms with Crippen LogP contribution in [0.25, 0.3) is 0 Å². The number of imide groups is 1. The number of urea groups is 1. The minimum atomic E-state index is -0.792. The number of nitrogens with zero attached hydrogens (tertiary/aromatic N) is 3. The van der Waals surface area contributed by atoms with Crippen LogP contribution in [0.1, 0.15) is 31.4 Å². The summed E-state index contributed by atoms with van der Waals surface area (Å²) in [5.41, 5.74) is 0.688. The Morgan fingerprint density at radius 3 is 2.35 bits per heavy atom. The minimum Gasteiger partial charge on any atom is -0.306 e. The summed E-state index contributed by atoms with van der Waals surface area (Å²) in [4.78, 5) is 27.2. The Kier molecular flexibility index (Phi) is 3.49. The third-order valence-corrected chi connectivity index (χ3v) is 3.99. The highest BCUT2D eigenvalue weighted by atomic mass is 16.2. The lowest BCUT2D eigenvalue weighted by atomic mass is 9.96. The van der Waals surface area contributed by atoms with E-state index in [1.54, 1.807) is 24.0 Å². The number of hydrogen-bond donors (Lipinski definition) is 0. The van der Waals surface area contributed by atoms with Crippen molar-refractivity contribution < 1.29 is 9.59 Å². The van der Waals surface area contributed by atoms with Gasteiger partial charge >= 0.3 is 6.03 Å². The molecule has 2 rings (SSSR count). The molecule has 0 aliphatic carbocycles. The summed E-state index contributed by atoms with van der Waals surface area (Å²) in [6.45, 7) is 4.06. The van der Waals surface area contributed by atoms with Gasteiger partial charge in [0.05, 0.1) is 11.6 Å². The molecule has 0 bridgehead atoms. The zero-order valence-corrected chi connectivity index (χ0v) is 11.9. The summed E-state index contributed by atoms with van der Waals surface area (Å²) in [6.07, 6.45) is 0.568. The average Bonchev–Trinajstić information content (AvgIpc) is 2.64. The lowest BCUT2D eigenvalue weighted by Crippen LogP contribution is -2.45. The number of hydrogen-bond acceptors (Lipinski definition) is 3. The van der Waals surface area contributed by atoms with Crippen molar-refractivity contribution in [2.24, 2.45) is 0 Å². The normalized spacial score (nSPS) is 22.3. The van der Waals surface area contributed by atoms with Gasteiger partial charge in [-0.2, -0.15) is 5.26 Å². The van der Waals surface area contributed by atoms with E-state index in [9.17, 15) is 9.59 Å². The number of benzene rings is 1. The van der Waals surface area contributed by atoms with E-state index in [-0.39, 0.29) is 11.9 Å². The van der Waals surface area contributed by atoms with Gasteiger partial charge in [-0.15, -0.1) is 0 Å². The molecule has 1 saturated heterocycles. The molecule has 0 saturated carbocycles. The van der Waals surface area contributed by atoms with Crippen molar-refractivity contribution in [2.45, 2.75) is 32.4 Å². The summed E-state index contributed by atoms with van der Waals surface area (Å²) < 4.78 is 0. The molecule has 1 fully saturated rings. The Morgan fingerprint density at radius 1 is 1.25 bits per heavy atom. The summed E-state index contributed by atoms with van der Waals surface area (Å²) >= 11 is 0. The maximum absolute atomic E-state index is 12.2. The Balaban J connectivity index is 2.29. The van der Waals surface area contributed by atoms with Crippen LogP contribution in [0.5, 0.6) is 0 Å². The van der Waals surface area contributed by atoms with Crippen LogP contribution in [0.2, 0.25) is 0 Å². The van der Waals surface area contributed by atoms with Crippen molar-refractivity contribution in [1.82, 2.24) is 9.80 Å². The molecule has 0 N–H and O–H groups in total. The molecule has 20 heavy (non-hydrogen) atoms. The van der Waals surface area contributed by atoms with Crippen LogP contribution in [-0.4, -0.2) is 34.3 Å². The first kappa shape index (κ1) is 14.1. The molecule has 104 valence electrons. The SMILES string of the molecule is CCC1(C)C(=O)N(C)C(=O)N1Cc1ccc(C#N)cc1. The van der Waals surface area contributed by atoms with E-state index in [4.69, 9.17) is 5.26 Å². The number of nitriles is 1. The quantitative estimate of drug-likeness (QED) is 0.791. The third kappa shape index (κ3) is 2.03. The Morgan fingerprint density at radius 2 is 1.85 bits per heavy atom. The van der Waals surface area contributed by atoms with Crippen molar-refractivity contribution >= 4 is 11.9 Å². The Bertz CT molecular complexity index is 588. The van der Waals surface area contributed by atoms with Crippen LogP contribution in [0.3, 0.4) is 0 Å². The molecule has 1 aromatic carbocycles. The van der Waals surface area contributed by atoms with Crippen LogP contribution in [0, 0.1) is 11.3 Å². The number of likely N-dealkylation sites (N-methyl/N-ethyl adjacent to an activating group) is 1. The number of rotatable bonds is 3. The van der Waals surface area contributed by atoms with E-state index in [0.29, 0.717) is 18.5 Å². The zero-order valence-electron chi connectivity index (χ0n) is 11.9. The van der Waals surface area contributed by atoms with Gasteiger partial charge in [-0.05, 0) is 31.0 Å². The van der Waals surface area contributed by atoms with Crippen molar-refractivity contribution in [3.05, 3.63) is 35.4 Å². The fourth-order valence-electron chi connectivity index (χ4n) is 2.41. The zero-order chi connectivity index (χ0) is 14.9. The average molecular weight is 271 g/mol. The molecular formula is C15H17N3O2. The van der Waals surface area contributed by atoms with E-state index in [1.165, 1.54) is 11.9 Å². The third-order valence-electron chi connectivity index (χ3n) is 3.99. The van der Waals surface area contributed by atoms with E-state index in [1.807, 2.05) is 19.1 Å². The van der Waals surface area contributed by atoms with Gasteiger partial charge in [-0.25, -0.2) is 4.79 Å². The van der Waals surface area contributed by atoms with E-state index in [2.05, 4.69) is 6.07 Å². The molecule has 0 radical (unpaired) electrons. The molecule has 1 aliphatic rings. The van der Waals surface area contributed by atoms with E-state index >= 15 is 0 Å². The van der Waals surface area contributed by atoms with Gasteiger partial charge in [0.1, 0.15) is 5.54 Å². The second-order valence-electron chi connectivity index (χ2n) is 5.17. The fourth-order valence-corrected chi connectivity index (χ4v) is 2.41. The van der Waals surface area contributed by atoms with Crippen molar-refractivity contribution in [3.63, 3.8) is 0 Å². The van der Waals surface area contributed by atoms with Gasteiger partial charge in [0.25, 0.3) is 5.91 Å². The van der Waals surface area contributed by atoms with Gasteiger partial charge in [0, 0.05) is 13.6 Å². The second-order valence-corrected chi connectivity index (χ2v) is 5.17. The minimum absolute atomic E-state index is 0.168. The molecule has 1 unspecified atom stereocenters. The van der Waals surface area contributed by atoms with Crippen LogP contribution < -0.4 is 0 Å². The van der Waals surface area contributed by atoms with E-state index < -0.39 is 5.54 Å². The molecule has 1 aromatic rings. The highest BCUT2D eigenvalue weighted by molar-refractivity contribution is 6.06. The molecule has 1 aliphatic heterocycles. The predicted molar refractivity (Wildman–Crippen MR) is 73.6 cm³/mol. The largest absolute Gasteiger partial charge is 0.327 e. The van der Waals surface area contributed by atoms with Gasteiger partial charge < -0.3 is 4.90 Å². The topological polar surface area (TPSA) is 64.4 Å². The van der Waals surface area contributed by atoms with Crippen LogP contribution in [0.15, 0.2) is 24.3 Å². The number of carbonyl (C=O) groups is 2. The molecule has 0 aromatic heterocycles.